The molecule has 0 aromatic carbocycles. The molecule has 0 radical (unpaired) electrons. The van der Waals surface area contributed by atoms with Crippen LogP contribution >= 0.6 is 0 Å². The second-order valence-electron chi connectivity index (χ2n) is 2.89. The van der Waals surface area contributed by atoms with E-state index in [0.717, 1.165) is 0 Å². The molecule has 1 rings (SSSR count). The first-order valence-corrected chi connectivity index (χ1v) is 5.86. The molecule has 1 N–H and O–H groups in total. The molecule has 13 heavy (non-hydrogen) atoms. The first-order chi connectivity index (χ1) is 6.01. The van der Waals surface area contributed by atoms with Gasteiger partial charge in [0.2, 0.25) is 0 Å². The fourth-order valence-corrected chi connectivity index (χ4v) is 1.42. The van der Waals surface area contributed by atoms with E-state index in [0.29, 0.717) is 12.2 Å². The fraction of sp³-hybridized carbons (Fsp3) is 0.571. The number of hydrogen-bond donors (Lipinski definition) is 1. The lowest BCUT2D eigenvalue weighted by atomic mass is 10.5. The lowest BCUT2D eigenvalue weighted by molar-refractivity contribution is 0.277. The van der Waals surface area contributed by atoms with Gasteiger partial charge in [-0.1, -0.05) is 0 Å². The van der Waals surface area contributed by atoms with Gasteiger partial charge in [-0.3, -0.25) is 0 Å². The van der Waals surface area contributed by atoms with Crippen molar-refractivity contribution in [1.29, 1.82) is 0 Å². The zero-order valence-electron chi connectivity index (χ0n) is 7.34. The minimum atomic E-state index is -2.93. The average Bonchev–Trinajstić information content (AvgIpc) is 2.47. The van der Waals surface area contributed by atoms with Crippen LogP contribution in [0, 0.1) is 0 Å². The number of aliphatic hydroxyl groups is 1. The summed E-state index contributed by atoms with van der Waals surface area (Å²) in [6.07, 6.45) is 4.33. The maximum atomic E-state index is 10.8. The van der Waals surface area contributed by atoms with E-state index >= 15 is 0 Å². The lowest BCUT2D eigenvalue weighted by Gasteiger charge is -1.98. The largest absolute Gasteiger partial charge is 0.390 e. The van der Waals surface area contributed by atoms with E-state index in [-0.39, 0.29) is 12.4 Å². The van der Waals surface area contributed by atoms with Crippen LogP contribution in [-0.4, -0.2) is 35.1 Å². The number of nitrogens with zero attached hydrogens (tertiary/aromatic N) is 2. The highest BCUT2D eigenvalue weighted by atomic mass is 32.2. The molecule has 1 aromatic rings. The van der Waals surface area contributed by atoms with Gasteiger partial charge in [0, 0.05) is 19.0 Å². The third-order valence-electron chi connectivity index (χ3n) is 1.57. The summed E-state index contributed by atoms with van der Waals surface area (Å²) < 4.78 is 23.2. The summed E-state index contributed by atoms with van der Waals surface area (Å²) >= 11 is 0. The van der Waals surface area contributed by atoms with Crippen LogP contribution in [0.2, 0.25) is 0 Å². The van der Waals surface area contributed by atoms with Crippen LogP contribution in [0.15, 0.2) is 12.5 Å². The van der Waals surface area contributed by atoms with Crippen LogP contribution in [0.1, 0.15) is 5.69 Å². The minimum Gasteiger partial charge on any atom is -0.390 e. The Morgan fingerprint density at radius 2 is 2.31 bits per heavy atom. The van der Waals surface area contributed by atoms with Crippen LogP contribution in [-0.2, 0) is 23.0 Å². The SMILES string of the molecule is CS(=O)(=O)CCn1cnc(CO)c1. The van der Waals surface area contributed by atoms with Gasteiger partial charge >= 0.3 is 0 Å². The summed E-state index contributed by atoms with van der Waals surface area (Å²) in [6, 6.07) is 0. The van der Waals surface area contributed by atoms with Crippen LogP contribution < -0.4 is 0 Å². The molecule has 0 amide bonds. The molecule has 5 nitrogen and oxygen atoms in total. The predicted molar refractivity (Wildman–Crippen MR) is 47.9 cm³/mol. The topological polar surface area (TPSA) is 72.2 Å². The molecule has 6 heteroatoms. The smallest absolute Gasteiger partial charge is 0.149 e. The van der Waals surface area contributed by atoms with Crippen molar-refractivity contribution in [2.45, 2.75) is 13.2 Å². The van der Waals surface area contributed by atoms with Crippen molar-refractivity contribution in [1.82, 2.24) is 9.55 Å². The second-order valence-corrected chi connectivity index (χ2v) is 5.15. The Morgan fingerprint density at radius 3 is 2.77 bits per heavy atom. The molecule has 0 aliphatic rings. The number of aliphatic hydroxyl groups excluding tert-OH is 1. The third kappa shape index (κ3) is 3.56. The van der Waals surface area contributed by atoms with E-state index in [1.807, 2.05) is 0 Å². The summed E-state index contributed by atoms with van der Waals surface area (Å²) in [4.78, 5) is 3.85. The number of sulfone groups is 1. The normalized spacial score (nSPS) is 11.8. The standard InChI is InChI=1S/C7H12N2O3S/c1-13(11,12)3-2-9-4-7(5-10)8-6-9/h4,6,10H,2-3,5H2,1H3. The zero-order chi connectivity index (χ0) is 9.90. The van der Waals surface area contributed by atoms with Crippen molar-refractivity contribution in [3.63, 3.8) is 0 Å². The van der Waals surface area contributed by atoms with Crippen LogP contribution in [0.25, 0.3) is 0 Å². The van der Waals surface area contributed by atoms with Crippen molar-refractivity contribution in [3.8, 4) is 0 Å². The predicted octanol–water partition coefficient (Wildman–Crippen LogP) is -0.580. The summed E-state index contributed by atoms with van der Waals surface area (Å²) in [7, 11) is -2.93. The highest BCUT2D eigenvalue weighted by Crippen LogP contribution is 1.96. The highest BCUT2D eigenvalue weighted by Gasteiger charge is 2.03. The molecule has 0 atom stereocenters. The van der Waals surface area contributed by atoms with Gasteiger partial charge in [0.15, 0.2) is 0 Å². The molecule has 1 aromatic heterocycles. The monoisotopic (exact) mass is 204 g/mol. The van der Waals surface area contributed by atoms with Gasteiger partial charge in [-0.25, -0.2) is 13.4 Å². The molecule has 0 saturated carbocycles. The van der Waals surface area contributed by atoms with Crippen molar-refractivity contribution in [2.24, 2.45) is 0 Å². The van der Waals surface area contributed by atoms with Crippen LogP contribution in [0.4, 0.5) is 0 Å². The molecule has 0 fully saturated rings. The Balaban J connectivity index is 2.55. The summed E-state index contributed by atoms with van der Waals surface area (Å²) in [5.41, 5.74) is 0.550. The molecule has 0 spiro atoms. The molecule has 0 aliphatic carbocycles. The minimum absolute atomic E-state index is 0.0915. The Labute approximate surface area is 76.9 Å². The van der Waals surface area contributed by atoms with E-state index < -0.39 is 9.84 Å². The van der Waals surface area contributed by atoms with E-state index in [9.17, 15) is 8.42 Å². The number of rotatable bonds is 4. The Bertz CT molecular complexity index is 369. The molecule has 0 saturated heterocycles. The Morgan fingerprint density at radius 1 is 1.62 bits per heavy atom. The van der Waals surface area contributed by atoms with Gasteiger partial charge < -0.3 is 9.67 Å². The molecule has 74 valence electrons. The number of aryl methyl sites for hydroxylation is 1. The van der Waals surface area contributed by atoms with Gasteiger partial charge in [-0.15, -0.1) is 0 Å². The van der Waals surface area contributed by atoms with Gasteiger partial charge in [0.25, 0.3) is 0 Å². The summed E-state index contributed by atoms with van der Waals surface area (Å²) in [5, 5.41) is 8.68. The number of aromatic nitrogens is 2. The van der Waals surface area contributed by atoms with Crippen molar-refractivity contribution < 1.29 is 13.5 Å². The van der Waals surface area contributed by atoms with Gasteiger partial charge in [0.1, 0.15) is 9.84 Å². The Kier molecular flexibility index (Phi) is 3.05. The average molecular weight is 204 g/mol. The van der Waals surface area contributed by atoms with Crippen LogP contribution in [0.3, 0.4) is 0 Å². The maximum Gasteiger partial charge on any atom is 0.149 e. The Hall–Kier alpha value is -0.880. The maximum absolute atomic E-state index is 10.8. The molecule has 0 bridgehead atoms. The molecular weight excluding hydrogens is 192 g/mol. The molecular formula is C7H12N2O3S. The van der Waals surface area contributed by atoms with Crippen molar-refractivity contribution >= 4 is 9.84 Å². The summed E-state index contributed by atoms with van der Waals surface area (Å²) in [5.74, 6) is 0.0915. The van der Waals surface area contributed by atoms with Gasteiger partial charge in [-0.05, 0) is 0 Å². The van der Waals surface area contributed by atoms with Crippen molar-refractivity contribution in [3.05, 3.63) is 18.2 Å². The van der Waals surface area contributed by atoms with E-state index in [4.69, 9.17) is 5.11 Å². The van der Waals surface area contributed by atoms with Crippen LogP contribution in [0.5, 0.6) is 0 Å². The van der Waals surface area contributed by atoms with Gasteiger partial charge in [0.05, 0.1) is 24.4 Å². The van der Waals surface area contributed by atoms with Crippen molar-refractivity contribution in [2.75, 3.05) is 12.0 Å². The summed E-state index contributed by atoms with van der Waals surface area (Å²) in [6.45, 7) is 0.262. The first kappa shape index (κ1) is 10.2. The second kappa shape index (κ2) is 3.89. The number of imidazole rings is 1. The van der Waals surface area contributed by atoms with E-state index in [1.165, 1.54) is 12.6 Å². The van der Waals surface area contributed by atoms with Gasteiger partial charge in [-0.2, -0.15) is 0 Å². The quantitative estimate of drug-likeness (QED) is 0.712. The molecule has 0 unspecified atom stereocenters. The molecule has 0 aliphatic heterocycles. The zero-order valence-corrected chi connectivity index (χ0v) is 8.16. The lowest BCUT2D eigenvalue weighted by Crippen LogP contribution is -2.09. The highest BCUT2D eigenvalue weighted by molar-refractivity contribution is 7.90. The number of hydrogen-bond acceptors (Lipinski definition) is 4. The fourth-order valence-electron chi connectivity index (χ4n) is 0.882. The van der Waals surface area contributed by atoms with E-state index in [2.05, 4.69) is 4.98 Å². The van der Waals surface area contributed by atoms with E-state index in [1.54, 1.807) is 10.8 Å². The molecule has 1 heterocycles. The first-order valence-electron chi connectivity index (χ1n) is 3.80. The third-order valence-corrected chi connectivity index (χ3v) is 2.49.